The molecule has 2 aromatic carbocycles. The summed E-state index contributed by atoms with van der Waals surface area (Å²) in [5.74, 6) is -0.438. The molecule has 1 amide bonds. The second-order valence-electron chi connectivity index (χ2n) is 7.45. The van der Waals surface area contributed by atoms with E-state index in [1.807, 2.05) is 24.3 Å². The zero-order chi connectivity index (χ0) is 22.5. The van der Waals surface area contributed by atoms with Crippen molar-refractivity contribution in [3.05, 3.63) is 65.7 Å². The Labute approximate surface area is 189 Å². The number of nitrogens with zero attached hydrogens (tertiary/aromatic N) is 3. The molecule has 32 heavy (non-hydrogen) atoms. The predicted octanol–water partition coefficient (Wildman–Crippen LogP) is 4.06. The van der Waals surface area contributed by atoms with E-state index in [0.29, 0.717) is 36.5 Å². The van der Waals surface area contributed by atoms with E-state index in [0.717, 1.165) is 11.1 Å². The predicted molar refractivity (Wildman–Crippen MR) is 120 cm³/mol. The minimum atomic E-state index is -0.561. The number of hydrogen-bond acceptors (Lipinski definition) is 6. The molecule has 1 fully saturated rings. The van der Waals surface area contributed by atoms with Gasteiger partial charge in [-0.2, -0.15) is 28.0 Å². The Morgan fingerprint density at radius 3 is 2.78 bits per heavy atom. The van der Waals surface area contributed by atoms with Crippen LogP contribution in [0.25, 0.3) is 11.1 Å². The number of thiol groups is 1. The number of anilines is 1. The minimum Gasteiger partial charge on any atom is -0.442 e. The van der Waals surface area contributed by atoms with Crippen molar-refractivity contribution in [3.63, 3.8) is 0 Å². The summed E-state index contributed by atoms with van der Waals surface area (Å²) in [5.41, 5.74) is 3.17. The maximum absolute atomic E-state index is 14.9. The summed E-state index contributed by atoms with van der Waals surface area (Å²) in [4.78, 5) is 13.7. The molecule has 2 N–H and O–H groups in total. The number of alkyl halides is 1. The SMILES string of the molecule is O=C1O[C@@H](C(S)c2cn[nH]n2)CN1c1ccc(-c2ccc(CNCCCF)cc2)c(F)c1. The molecule has 1 saturated heterocycles. The average Bonchev–Trinajstić information content (AvgIpc) is 3.47. The average molecular weight is 460 g/mol. The zero-order valence-electron chi connectivity index (χ0n) is 17.2. The Bertz CT molecular complexity index is 1050. The molecule has 0 spiro atoms. The lowest BCUT2D eigenvalue weighted by atomic mass is 10.0. The molecule has 4 rings (SSSR count). The lowest BCUT2D eigenvalue weighted by molar-refractivity contribution is 0.139. The zero-order valence-corrected chi connectivity index (χ0v) is 18.1. The van der Waals surface area contributed by atoms with Crippen molar-refractivity contribution in [2.24, 2.45) is 0 Å². The lowest BCUT2D eigenvalue weighted by Crippen LogP contribution is -2.25. The fourth-order valence-electron chi connectivity index (χ4n) is 3.54. The Kier molecular flexibility index (Phi) is 7.01. The number of carbonyl (C=O) groups excluding carboxylic acids is 1. The third-order valence-electron chi connectivity index (χ3n) is 5.27. The number of aromatic nitrogens is 3. The molecule has 0 saturated carbocycles. The van der Waals surface area contributed by atoms with Gasteiger partial charge in [-0.1, -0.05) is 24.3 Å². The quantitative estimate of drug-likeness (QED) is 0.332. The van der Waals surface area contributed by atoms with Crippen molar-refractivity contribution in [2.45, 2.75) is 24.3 Å². The van der Waals surface area contributed by atoms with Crippen LogP contribution in [0.4, 0.5) is 19.3 Å². The van der Waals surface area contributed by atoms with Crippen molar-refractivity contribution in [2.75, 3.05) is 24.7 Å². The number of ether oxygens (including phenoxy) is 1. The number of cyclic esters (lactones) is 1. The first-order chi connectivity index (χ1) is 15.6. The summed E-state index contributed by atoms with van der Waals surface area (Å²) in [6.45, 7) is 1.12. The smallest absolute Gasteiger partial charge is 0.414 e. The number of benzene rings is 2. The fraction of sp³-hybridized carbons (Fsp3) is 0.318. The van der Waals surface area contributed by atoms with Crippen LogP contribution in [0.2, 0.25) is 0 Å². The molecule has 2 heterocycles. The Hall–Kier alpha value is -2.98. The second-order valence-corrected chi connectivity index (χ2v) is 8.01. The number of aromatic amines is 1. The Morgan fingerprint density at radius 1 is 1.28 bits per heavy atom. The monoisotopic (exact) mass is 459 g/mol. The molecule has 2 atom stereocenters. The summed E-state index contributed by atoms with van der Waals surface area (Å²) in [6.07, 6.45) is 0.906. The fourth-order valence-corrected chi connectivity index (χ4v) is 3.82. The first-order valence-electron chi connectivity index (χ1n) is 10.2. The van der Waals surface area contributed by atoms with Gasteiger partial charge < -0.3 is 10.1 Å². The molecule has 0 radical (unpaired) electrons. The topological polar surface area (TPSA) is 83.1 Å². The van der Waals surface area contributed by atoms with Crippen LogP contribution in [0.1, 0.15) is 22.9 Å². The van der Waals surface area contributed by atoms with E-state index >= 15 is 0 Å². The van der Waals surface area contributed by atoms with Crippen molar-refractivity contribution < 1.29 is 18.3 Å². The van der Waals surface area contributed by atoms with Crippen molar-refractivity contribution >= 4 is 24.4 Å². The molecule has 1 aliphatic heterocycles. The largest absolute Gasteiger partial charge is 0.442 e. The van der Waals surface area contributed by atoms with Gasteiger partial charge >= 0.3 is 6.09 Å². The second kappa shape index (κ2) is 10.1. The van der Waals surface area contributed by atoms with Gasteiger partial charge in [-0.05, 0) is 42.3 Å². The van der Waals surface area contributed by atoms with E-state index in [-0.39, 0.29) is 13.2 Å². The highest BCUT2D eigenvalue weighted by molar-refractivity contribution is 7.80. The number of halogens is 2. The van der Waals surface area contributed by atoms with Gasteiger partial charge in [-0.25, -0.2) is 9.18 Å². The molecule has 0 bridgehead atoms. The summed E-state index contributed by atoms with van der Waals surface area (Å²) in [5, 5.41) is 12.9. The molecular weight excluding hydrogens is 436 g/mol. The highest BCUT2D eigenvalue weighted by atomic mass is 32.1. The number of amides is 1. The maximum atomic E-state index is 14.9. The van der Waals surface area contributed by atoms with Crippen LogP contribution in [0.5, 0.6) is 0 Å². The number of H-pyrrole nitrogens is 1. The van der Waals surface area contributed by atoms with Crippen LogP contribution in [0.3, 0.4) is 0 Å². The third-order valence-corrected chi connectivity index (χ3v) is 5.87. The first-order valence-corrected chi connectivity index (χ1v) is 10.8. The molecule has 7 nitrogen and oxygen atoms in total. The summed E-state index contributed by atoms with van der Waals surface area (Å²) < 4.78 is 32.5. The molecule has 1 aromatic heterocycles. The highest BCUT2D eigenvalue weighted by Crippen LogP contribution is 2.33. The van der Waals surface area contributed by atoms with E-state index in [4.69, 9.17) is 4.74 Å². The van der Waals surface area contributed by atoms with E-state index in [2.05, 4.69) is 33.4 Å². The summed E-state index contributed by atoms with van der Waals surface area (Å²) in [7, 11) is 0. The van der Waals surface area contributed by atoms with Gasteiger partial charge in [0.05, 0.1) is 36.0 Å². The number of carbonyl (C=O) groups is 1. The summed E-state index contributed by atoms with van der Waals surface area (Å²) in [6, 6.07) is 12.2. The molecular formula is C22H23F2N5O2S. The van der Waals surface area contributed by atoms with Crippen molar-refractivity contribution in [1.82, 2.24) is 20.7 Å². The van der Waals surface area contributed by atoms with E-state index < -0.39 is 23.3 Å². The number of hydrogen-bond donors (Lipinski definition) is 3. The van der Waals surface area contributed by atoms with Crippen LogP contribution in [0.15, 0.2) is 48.7 Å². The van der Waals surface area contributed by atoms with E-state index in [9.17, 15) is 13.6 Å². The summed E-state index contributed by atoms with van der Waals surface area (Å²) >= 11 is 4.48. The minimum absolute atomic E-state index is 0.225. The van der Waals surface area contributed by atoms with Gasteiger partial charge in [0.15, 0.2) is 0 Å². The van der Waals surface area contributed by atoms with Gasteiger partial charge in [-0.15, -0.1) is 0 Å². The van der Waals surface area contributed by atoms with Crippen LogP contribution in [-0.2, 0) is 11.3 Å². The number of nitrogens with one attached hydrogen (secondary N) is 2. The Balaban J connectivity index is 1.43. The van der Waals surface area contributed by atoms with Gasteiger partial charge in [-0.3, -0.25) is 9.29 Å². The van der Waals surface area contributed by atoms with Gasteiger partial charge in [0.1, 0.15) is 11.9 Å². The van der Waals surface area contributed by atoms with Crippen molar-refractivity contribution in [3.8, 4) is 11.1 Å². The molecule has 168 valence electrons. The maximum Gasteiger partial charge on any atom is 0.414 e. The van der Waals surface area contributed by atoms with E-state index in [1.54, 1.807) is 12.1 Å². The van der Waals surface area contributed by atoms with Crippen LogP contribution < -0.4 is 10.2 Å². The van der Waals surface area contributed by atoms with Gasteiger partial charge in [0.2, 0.25) is 0 Å². The van der Waals surface area contributed by atoms with Crippen LogP contribution in [0, 0.1) is 5.82 Å². The highest BCUT2D eigenvalue weighted by Gasteiger charge is 2.37. The molecule has 1 unspecified atom stereocenters. The van der Waals surface area contributed by atoms with Crippen LogP contribution >= 0.6 is 12.6 Å². The molecule has 1 aliphatic rings. The standard InChI is InChI=1S/C22H23F2N5O2S/c23-8-1-9-25-11-14-2-4-15(5-3-14)17-7-6-16(10-18(17)24)29-13-20(31-22(29)30)21(32)19-12-26-28-27-19/h2-7,10,12,20-21,25,32H,1,8-9,11,13H2,(H,26,27,28)/t20-,21?/m1/s1. The molecule has 10 heteroatoms. The Morgan fingerprint density at radius 2 is 2.09 bits per heavy atom. The van der Waals surface area contributed by atoms with Gasteiger partial charge in [0.25, 0.3) is 0 Å². The van der Waals surface area contributed by atoms with Gasteiger partial charge in [0, 0.05) is 12.1 Å². The van der Waals surface area contributed by atoms with Crippen LogP contribution in [-0.4, -0.2) is 47.4 Å². The molecule has 3 aromatic rings. The first kappa shape index (κ1) is 22.2. The lowest BCUT2D eigenvalue weighted by Gasteiger charge is -2.16. The number of rotatable bonds is 9. The molecule has 0 aliphatic carbocycles. The van der Waals surface area contributed by atoms with Crippen molar-refractivity contribution in [1.29, 1.82) is 0 Å². The van der Waals surface area contributed by atoms with E-state index in [1.165, 1.54) is 17.2 Å². The third kappa shape index (κ3) is 4.91. The normalized spacial score (nSPS) is 16.9.